The van der Waals surface area contributed by atoms with Gasteiger partial charge in [0.05, 0.1) is 11.0 Å². The number of piperidine rings is 1. The van der Waals surface area contributed by atoms with E-state index >= 15 is 0 Å². The normalized spacial score (nSPS) is 17.9. The molecule has 7 heteroatoms. The second kappa shape index (κ2) is 13.1. The van der Waals surface area contributed by atoms with E-state index in [1.807, 2.05) is 18.2 Å². The van der Waals surface area contributed by atoms with Crippen molar-refractivity contribution < 1.29 is 0 Å². The number of aromatic nitrogens is 2. The van der Waals surface area contributed by atoms with Crippen LogP contribution >= 0.6 is 24.0 Å². The van der Waals surface area contributed by atoms with E-state index in [2.05, 4.69) is 45.4 Å². The highest BCUT2D eigenvalue weighted by atomic mass is 127. The number of likely N-dealkylation sites (tertiary alicyclic amines) is 1. The molecule has 2 heterocycles. The molecule has 1 aliphatic rings. The number of imidazole rings is 1. The van der Waals surface area contributed by atoms with Gasteiger partial charge in [-0.15, -0.1) is 24.0 Å². The Kier molecular flexibility index (Phi) is 10.8. The second-order valence-electron chi connectivity index (χ2n) is 7.73. The van der Waals surface area contributed by atoms with Gasteiger partial charge in [-0.3, -0.25) is 4.99 Å². The van der Waals surface area contributed by atoms with E-state index < -0.39 is 0 Å². The van der Waals surface area contributed by atoms with Gasteiger partial charge in [-0.2, -0.15) is 0 Å². The van der Waals surface area contributed by atoms with Gasteiger partial charge in [-0.1, -0.05) is 18.6 Å². The number of nitrogens with one attached hydrogen (secondary N) is 3. The fraction of sp³-hybridized carbons (Fsp3) is 0.636. The van der Waals surface area contributed by atoms with Crippen molar-refractivity contribution in [2.75, 3.05) is 32.7 Å². The van der Waals surface area contributed by atoms with Crippen LogP contribution in [0.25, 0.3) is 11.0 Å². The van der Waals surface area contributed by atoms with E-state index in [-0.39, 0.29) is 24.0 Å². The number of hydrogen-bond acceptors (Lipinski definition) is 3. The minimum Gasteiger partial charge on any atom is -0.357 e. The van der Waals surface area contributed by atoms with E-state index in [1.54, 1.807) is 0 Å². The quantitative estimate of drug-likeness (QED) is 0.206. The third-order valence-electron chi connectivity index (χ3n) is 5.48. The molecule has 3 rings (SSSR count). The lowest BCUT2D eigenvalue weighted by Crippen LogP contribution is -2.41. The molecule has 162 valence electrons. The number of aromatic amines is 1. The number of aliphatic imine (C=N–C) groups is 1. The van der Waals surface area contributed by atoms with Crippen LogP contribution < -0.4 is 10.6 Å². The molecule has 0 aliphatic carbocycles. The molecular weight excluding hydrogens is 475 g/mol. The van der Waals surface area contributed by atoms with Gasteiger partial charge >= 0.3 is 0 Å². The number of nitrogens with zero attached hydrogens (tertiary/aromatic N) is 3. The third kappa shape index (κ3) is 7.77. The van der Waals surface area contributed by atoms with E-state index in [9.17, 15) is 0 Å². The molecule has 0 radical (unpaired) electrons. The van der Waals surface area contributed by atoms with Crippen molar-refractivity contribution in [3.63, 3.8) is 0 Å². The van der Waals surface area contributed by atoms with Crippen molar-refractivity contribution >= 4 is 41.0 Å². The zero-order valence-corrected chi connectivity index (χ0v) is 20.2. The molecule has 0 bridgehead atoms. The standard InChI is InChI=1S/C22H36N6.HI/c1-3-23-22(25-15-9-17-28-16-7-6-10-18(28)2)24-14-8-13-21-26-19-11-4-5-12-20(19)27-21;/h4-5,11-12,18H,3,6-10,13-17H2,1-2H3,(H,26,27)(H2,23,24,25);1H. The van der Waals surface area contributed by atoms with Crippen LogP contribution in [0, 0.1) is 0 Å². The van der Waals surface area contributed by atoms with E-state index in [0.29, 0.717) is 0 Å². The number of halogens is 1. The van der Waals surface area contributed by atoms with Crippen molar-refractivity contribution in [2.45, 2.75) is 58.4 Å². The fourth-order valence-corrected chi connectivity index (χ4v) is 3.88. The maximum Gasteiger partial charge on any atom is 0.191 e. The molecule has 3 N–H and O–H groups in total. The largest absolute Gasteiger partial charge is 0.357 e. The molecule has 0 spiro atoms. The Morgan fingerprint density at radius 3 is 2.90 bits per heavy atom. The first-order valence-electron chi connectivity index (χ1n) is 11.0. The zero-order valence-electron chi connectivity index (χ0n) is 17.9. The van der Waals surface area contributed by atoms with Crippen LogP contribution in [0.1, 0.15) is 51.8 Å². The molecule has 1 aliphatic heterocycles. The van der Waals surface area contributed by atoms with Gasteiger partial charge in [0.2, 0.25) is 0 Å². The first-order valence-corrected chi connectivity index (χ1v) is 11.0. The molecule has 29 heavy (non-hydrogen) atoms. The SMILES string of the molecule is CCNC(=NCCCc1nc2ccccc2[nH]1)NCCCN1CCCCC1C.I. The van der Waals surface area contributed by atoms with Gasteiger partial charge in [0.25, 0.3) is 0 Å². The van der Waals surface area contributed by atoms with Gasteiger partial charge < -0.3 is 20.5 Å². The number of benzene rings is 1. The van der Waals surface area contributed by atoms with Crippen LogP contribution in [0.2, 0.25) is 0 Å². The predicted octanol–water partition coefficient (Wildman–Crippen LogP) is 3.93. The Labute approximate surface area is 192 Å². The maximum absolute atomic E-state index is 4.72. The maximum atomic E-state index is 4.72. The van der Waals surface area contributed by atoms with E-state index in [1.165, 1.54) is 32.4 Å². The van der Waals surface area contributed by atoms with Crippen LogP contribution in [0.4, 0.5) is 0 Å². The van der Waals surface area contributed by atoms with Gasteiger partial charge in [0, 0.05) is 38.6 Å². The monoisotopic (exact) mass is 512 g/mol. The molecule has 1 unspecified atom stereocenters. The number of fused-ring (bicyclic) bond motifs is 1. The lowest BCUT2D eigenvalue weighted by molar-refractivity contribution is 0.159. The summed E-state index contributed by atoms with van der Waals surface area (Å²) >= 11 is 0. The molecule has 1 aromatic carbocycles. The molecular formula is C22H37IN6. The van der Waals surface area contributed by atoms with Crippen LogP contribution in [0.15, 0.2) is 29.3 Å². The second-order valence-corrected chi connectivity index (χ2v) is 7.73. The predicted molar refractivity (Wildman–Crippen MR) is 133 cm³/mol. The number of para-hydroxylation sites is 2. The van der Waals surface area contributed by atoms with Crippen LogP contribution in [-0.2, 0) is 6.42 Å². The number of aryl methyl sites for hydroxylation is 1. The Balaban J connectivity index is 0.00000300. The Bertz CT molecular complexity index is 711. The van der Waals surface area contributed by atoms with Crippen molar-refractivity contribution in [1.82, 2.24) is 25.5 Å². The summed E-state index contributed by atoms with van der Waals surface area (Å²) in [5, 5.41) is 6.84. The molecule has 1 aromatic heterocycles. The summed E-state index contributed by atoms with van der Waals surface area (Å²) < 4.78 is 0. The highest BCUT2D eigenvalue weighted by Crippen LogP contribution is 2.16. The number of hydrogen-bond donors (Lipinski definition) is 3. The fourth-order valence-electron chi connectivity index (χ4n) is 3.88. The summed E-state index contributed by atoms with van der Waals surface area (Å²) in [6.45, 7) is 9.57. The minimum atomic E-state index is 0. The molecule has 0 saturated carbocycles. The highest BCUT2D eigenvalue weighted by Gasteiger charge is 2.17. The summed E-state index contributed by atoms with van der Waals surface area (Å²) in [4.78, 5) is 15.4. The van der Waals surface area contributed by atoms with Crippen molar-refractivity contribution in [1.29, 1.82) is 0 Å². The van der Waals surface area contributed by atoms with Crippen molar-refractivity contribution in [3.05, 3.63) is 30.1 Å². The van der Waals surface area contributed by atoms with Crippen molar-refractivity contribution in [3.8, 4) is 0 Å². The first-order chi connectivity index (χ1) is 13.8. The molecule has 6 nitrogen and oxygen atoms in total. The topological polar surface area (TPSA) is 68.3 Å². The molecule has 1 atom stereocenters. The average Bonchev–Trinajstić information content (AvgIpc) is 3.12. The highest BCUT2D eigenvalue weighted by molar-refractivity contribution is 14.0. The Morgan fingerprint density at radius 2 is 2.10 bits per heavy atom. The Hall–Kier alpha value is -1.35. The minimum absolute atomic E-state index is 0. The molecule has 2 aromatic rings. The molecule has 0 amide bonds. The molecule has 1 saturated heterocycles. The number of guanidine groups is 1. The zero-order chi connectivity index (χ0) is 19.6. The number of H-pyrrole nitrogens is 1. The Morgan fingerprint density at radius 1 is 1.24 bits per heavy atom. The van der Waals surface area contributed by atoms with Crippen LogP contribution in [0.3, 0.4) is 0 Å². The summed E-state index contributed by atoms with van der Waals surface area (Å²) in [6.07, 6.45) is 7.16. The summed E-state index contributed by atoms with van der Waals surface area (Å²) in [5.41, 5.74) is 2.15. The first kappa shape index (κ1) is 23.9. The van der Waals surface area contributed by atoms with Gasteiger partial charge in [0.1, 0.15) is 5.82 Å². The number of rotatable bonds is 9. The van der Waals surface area contributed by atoms with Crippen molar-refractivity contribution in [2.24, 2.45) is 4.99 Å². The molecule has 1 fully saturated rings. The lowest BCUT2D eigenvalue weighted by atomic mass is 10.0. The summed E-state index contributed by atoms with van der Waals surface area (Å²) in [6, 6.07) is 8.92. The van der Waals surface area contributed by atoms with E-state index in [0.717, 1.165) is 67.8 Å². The van der Waals surface area contributed by atoms with E-state index in [4.69, 9.17) is 4.99 Å². The van der Waals surface area contributed by atoms with Crippen LogP contribution in [0.5, 0.6) is 0 Å². The smallest absolute Gasteiger partial charge is 0.191 e. The third-order valence-corrected chi connectivity index (χ3v) is 5.48. The van der Waals surface area contributed by atoms with Gasteiger partial charge in [0.15, 0.2) is 5.96 Å². The average molecular weight is 512 g/mol. The summed E-state index contributed by atoms with van der Waals surface area (Å²) in [5.74, 6) is 1.98. The van der Waals surface area contributed by atoms with Gasteiger partial charge in [-0.05, 0) is 58.2 Å². The van der Waals surface area contributed by atoms with Crippen LogP contribution in [-0.4, -0.2) is 59.6 Å². The lowest BCUT2D eigenvalue weighted by Gasteiger charge is -2.33. The van der Waals surface area contributed by atoms with Gasteiger partial charge in [-0.25, -0.2) is 4.98 Å². The summed E-state index contributed by atoms with van der Waals surface area (Å²) in [7, 11) is 0.